The number of rotatable bonds is 8. The van der Waals surface area contributed by atoms with Crippen molar-refractivity contribution in [2.24, 2.45) is 0 Å². The molecular formula is C23H27N3O4. The molecule has 0 saturated carbocycles. The molecule has 2 N–H and O–H groups in total. The van der Waals surface area contributed by atoms with Gasteiger partial charge in [0, 0.05) is 13.0 Å². The first kappa shape index (κ1) is 21.4. The number of urea groups is 1. The molecule has 3 rings (SSSR count). The zero-order valence-electron chi connectivity index (χ0n) is 17.5. The molecule has 1 heterocycles. The number of carbonyl (C=O) groups is 3. The average Bonchev–Trinajstić information content (AvgIpc) is 2.92. The van der Waals surface area contributed by atoms with E-state index in [1.54, 1.807) is 20.1 Å². The Balaban J connectivity index is 1.59. The topological polar surface area (TPSA) is 87.7 Å². The highest BCUT2D eigenvalue weighted by Crippen LogP contribution is 2.27. The molecular weight excluding hydrogens is 382 g/mol. The van der Waals surface area contributed by atoms with Gasteiger partial charge in [0.15, 0.2) is 0 Å². The molecule has 1 aliphatic rings. The van der Waals surface area contributed by atoms with Crippen molar-refractivity contribution in [2.75, 3.05) is 20.2 Å². The van der Waals surface area contributed by atoms with Crippen molar-refractivity contribution in [1.82, 2.24) is 15.5 Å². The van der Waals surface area contributed by atoms with Gasteiger partial charge in [-0.05, 0) is 43.0 Å². The first-order valence-corrected chi connectivity index (χ1v) is 9.91. The van der Waals surface area contributed by atoms with E-state index in [0.717, 1.165) is 21.6 Å². The number of benzene rings is 2. The minimum atomic E-state index is -1.13. The van der Waals surface area contributed by atoms with Crippen molar-refractivity contribution in [3.63, 3.8) is 0 Å². The second-order valence-corrected chi connectivity index (χ2v) is 7.67. The first-order chi connectivity index (χ1) is 14.3. The van der Waals surface area contributed by atoms with Gasteiger partial charge in [0.2, 0.25) is 5.91 Å². The second-order valence-electron chi connectivity index (χ2n) is 7.67. The third kappa shape index (κ3) is 4.62. The molecule has 0 unspecified atom stereocenters. The number of aryl methyl sites for hydroxylation is 1. The maximum atomic E-state index is 12.9. The van der Waals surface area contributed by atoms with Crippen molar-refractivity contribution in [2.45, 2.75) is 32.2 Å². The van der Waals surface area contributed by atoms with Crippen molar-refractivity contribution >= 4 is 17.8 Å². The fraction of sp³-hybridized carbons (Fsp3) is 0.348. The molecule has 0 spiro atoms. The van der Waals surface area contributed by atoms with E-state index in [0.29, 0.717) is 18.7 Å². The minimum Gasteiger partial charge on any atom is -0.496 e. The Morgan fingerprint density at radius 1 is 1.10 bits per heavy atom. The van der Waals surface area contributed by atoms with Crippen molar-refractivity contribution in [3.8, 4) is 5.75 Å². The fourth-order valence-electron chi connectivity index (χ4n) is 3.67. The molecule has 158 valence electrons. The number of amides is 4. The van der Waals surface area contributed by atoms with Crippen LogP contribution >= 0.6 is 0 Å². The third-order valence-electron chi connectivity index (χ3n) is 5.36. The van der Waals surface area contributed by atoms with E-state index < -0.39 is 17.5 Å². The highest BCUT2D eigenvalue weighted by atomic mass is 16.5. The molecule has 1 fully saturated rings. The quantitative estimate of drug-likeness (QED) is 0.655. The normalized spacial score (nSPS) is 18.3. The van der Waals surface area contributed by atoms with Gasteiger partial charge in [-0.15, -0.1) is 0 Å². The van der Waals surface area contributed by atoms with Gasteiger partial charge in [-0.1, -0.05) is 42.5 Å². The standard InChI is InChI=1S/C23H27N3O4/c1-16-8-4-5-9-17(16)12-13-24-20(27)15-26-21(28)23(2,25-22(26)29)14-18-10-6-7-11-19(18)30-3/h4-11H,12-15H2,1-3H3,(H,24,27)(H,25,29)/t23-/m0/s1. The van der Waals surface area contributed by atoms with Crippen LogP contribution in [0.15, 0.2) is 48.5 Å². The second kappa shape index (κ2) is 8.98. The lowest BCUT2D eigenvalue weighted by Crippen LogP contribution is -2.47. The summed E-state index contributed by atoms with van der Waals surface area (Å²) in [4.78, 5) is 38.6. The molecule has 2 aromatic rings. The molecule has 30 heavy (non-hydrogen) atoms. The summed E-state index contributed by atoms with van der Waals surface area (Å²) in [6.45, 7) is 3.81. The summed E-state index contributed by atoms with van der Waals surface area (Å²) in [7, 11) is 1.56. The number of para-hydroxylation sites is 1. The zero-order chi connectivity index (χ0) is 21.7. The van der Waals surface area contributed by atoms with Crippen molar-refractivity contribution in [1.29, 1.82) is 0 Å². The molecule has 1 saturated heterocycles. The van der Waals surface area contributed by atoms with Crippen LogP contribution in [-0.4, -0.2) is 48.5 Å². The van der Waals surface area contributed by atoms with Crippen molar-refractivity contribution < 1.29 is 19.1 Å². The van der Waals surface area contributed by atoms with E-state index in [1.165, 1.54) is 0 Å². The van der Waals surface area contributed by atoms with Crippen LogP contribution in [0.4, 0.5) is 4.79 Å². The van der Waals surface area contributed by atoms with Gasteiger partial charge in [0.25, 0.3) is 5.91 Å². The fourth-order valence-corrected chi connectivity index (χ4v) is 3.67. The Bertz CT molecular complexity index is 959. The van der Waals surface area contributed by atoms with E-state index in [-0.39, 0.29) is 18.9 Å². The summed E-state index contributed by atoms with van der Waals surface area (Å²) >= 11 is 0. The van der Waals surface area contributed by atoms with Crippen LogP contribution in [0.1, 0.15) is 23.6 Å². The van der Waals surface area contributed by atoms with Gasteiger partial charge in [-0.2, -0.15) is 0 Å². The Kier molecular flexibility index (Phi) is 6.40. The average molecular weight is 409 g/mol. The van der Waals surface area contributed by atoms with Crippen LogP contribution in [0.2, 0.25) is 0 Å². The summed E-state index contributed by atoms with van der Waals surface area (Å²) in [5.74, 6) is -0.144. The number of imide groups is 1. The molecule has 7 nitrogen and oxygen atoms in total. The van der Waals surface area contributed by atoms with E-state index in [4.69, 9.17) is 4.74 Å². The first-order valence-electron chi connectivity index (χ1n) is 9.91. The number of hydrogen-bond acceptors (Lipinski definition) is 4. The Morgan fingerprint density at radius 2 is 1.77 bits per heavy atom. The number of methoxy groups -OCH3 is 1. The Labute approximate surface area is 176 Å². The van der Waals surface area contributed by atoms with Crippen LogP contribution in [0, 0.1) is 6.92 Å². The maximum Gasteiger partial charge on any atom is 0.325 e. The predicted octanol–water partition coefficient (Wildman–Crippen LogP) is 2.22. The molecule has 1 aliphatic heterocycles. The summed E-state index contributed by atoms with van der Waals surface area (Å²) in [6.07, 6.45) is 0.955. The Morgan fingerprint density at radius 3 is 2.47 bits per heavy atom. The lowest BCUT2D eigenvalue weighted by Gasteiger charge is -2.22. The van der Waals surface area contributed by atoms with Gasteiger partial charge in [-0.25, -0.2) is 4.79 Å². The zero-order valence-corrected chi connectivity index (χ0v) is 17.5. The van der Waals surface area contributed by atoms with Gasteiger partial charge in [-0.3, -0.25) is 14.5 Å². The molecule has 7 heteroatoms. The number of ether oxygens (including phenoxy) is 1. The van der Waals surface area contributed by atoms with E-state index in [2.05, 4.69) is 10.6 Å². The van der Waals surface area contributed by atoms with Gasteiger partial charge in [0.1, 0.15) is 17.8 Å². The molecule has 0 aromatic heterocycles. The van der Waals surface area contributed by atoms with Crippen LogP contribution in [0.5, 0.6) is 5.75 Å². The third-order valence-corrected chi connectivity index (χ3v) is 5.36. The minimum absolute atomic E-state index is 0.271. The summed E-state index contributed by atoms with van der Waals surface area (Å²) in [5, 5.41) is 5.52. The van der Waals surface area contributed by atoms with Crippen LogP contribution in [0.25, 0.3) is 0 Å². The van der Waals surface area contributed by atoms with Crippen LogP contribution < -0.4 is 15.4 Å². The highest BCUT2D eigenvalue weighted by molar-refractivity contribution is 6.09. The lowest BCUT2D eigenvalue weighted by molar-refractivity contribution is -0.134. The number of hydrogen-bond donors (Lipinski definition) is 2. The van der Waals surface area contributed by atoms with Gasteiger partial charge >= 0.3 is 6.03 Å². The number of nitrogens with zero attached hydrogens (tertiary/aromatic N) is 1. The molecule has 4 amide bonds. The highest BCUT2D eigenvalue weighted by Gasteiger charge is 2.48. The molecule has 2 aromatic carbocycles. The molecule has 0 radical (unpaired) electrons. The molecule has 0 aliphatic carbocycles. The van der Waals surface area contributed by atoms with Gasteiger partial charge < -0.3 is 15.4 Å². The monoisotopic (exact) mass is 409 g/mol. The van der Waals surface area contributed by atoms with Crippen LogP contribution in [0.3, 0.4) is 0 Å². The summed E-state index contributed by atoms with van der Waals surface area (Å²) < 4.78 is 5.34. The summed E-state index contributed by atoms with van der Waals surface area (Å²) in [6, 6.07) is 14.7. The largest absolute Gasteiger partial charge is 0.496 e. The lowest BCUT2D eigenvalue weighted by atomic mass is 9.92. The summed E-state index contributed by atoms with van der Waals surface area (Å²) in [5.41, 5.74) is 1.98. The number of nitrogens with one attached hydrogen (secondary N) is 2. The van der Waals surface area contributed by atoms with Gasteiger partial charge in [0.05, 0.1) is 7.11 Å². The predicted molar refractivity (Wildman–Crippen MR) is 113 cm³/mol. The Hall–Kier alpha value is -3.35. The van der Waals surface area contributed by atoms with Crippen molar-refractivity contribution in [3.05, 3.63) is 65.2 Å². The molecule has 1 atom stereocenters. The molecule has 0 bridgehead atoms. The number of carbonyl (C=O) groups excluding carboxylic acids is 3. The van der Waals surface area contributed by atoms with E-state index >= 15 is 0 Å². The smallest absolute Gasteiger partial charge is 0.325 e. The van der Waals surface area contributed by atoms with Crippen LogP contribution in [-0.2, 0) is 22.4 Å². The maximum absolute atomic E-state index is 12.9. The SMILES string of the molecule is COc1ccccc1C[C@]1(C)NC(=O)N(CC(=O)NCCc2ccccc2C)C1=O. The van der Waals surface area contributed by atoms with E-state index in [1.807, 2.05) is 49.4 Å². The van der Waals surface area contributed by atoms with E-state index in [9.17, 15) is 14.4 Å².